The van der Waals surface area contributed by atoms with E-state index in [1.807, 2.05) is 13.8 Å². The predicted octanol–water partition coefficient (Wildman–Crippen LogP) is 3.06. The fourth-order valence-corrected chi connectivity index (χ4v) is 3.63. The first-order valence-corrected chi connectivity index (χ1v) is 8.71. The fraction of sp³-hybridized carbons (Fsp3) is 0.571. The fourth-order valence-electron chi connectivity index (χ4n) is 1.69. The molecule has 0 unspecified atom stereocenters. The van der Waals surface area contributed by atoms with Gasteiger partial charge in [0.1, 0.15) is 10.7 Å². The summed E-state index contributed by atoms with van der Waals surface area (Å²) in [6, 6.07) is 2.57. The Morgan fingerprint density at radius 2 is 1.90 bits per heavy atom. The van der Waals surface area contributed by atoms with Gasteiger partial charge in [0.2, 0.25) is 10.0 Å². The lowest BCUT2D eigenvalue weighted by molar-refractivity contribution is 0.437. The number of sulfonamides is 1. The zero-order valence-corrected chi connectivity index (χ0v) is 14.3. The monoisotopic (exact) mass is 336 g/mol. The summed E-state index contributed by atoms with van der Waals surface area (Å²) in [6.07, 6.45) is 0.582. The van der Waals surface area contributed by atoms with Gasteiger partial charge in [-0.2, -0.15) is 0 Å². The summed E-state index contributed by atoms with van der Waals surface area (Å²) in [6.45, 7) is 8.09. The summed E-state index contributed by atoms with van der Waals surface area (Å²) in [5, 5.41) is 3.15. The second-order valence-electron chi connectivity index (χ2n) is 5.50. The molecule has 7 heteroatoms. The van der Waals surface area contributed by atoms with Crippen LogP contribution in [0.25, 0.3) is 0 Å². The Morgan fingerprint density at radius 1 is 1.29 bits per heavy atom. The van der Waals surface area contributed by atoms with Gasteiger partial charge in [-0.15, -0.1) is 0 Å². The number of nitrogens with one attached hydrogen (secondary N) is 2. The first-order chi connectivity index (χ1) is 9.63. The molecule has 0 saturated heterocycles. The number of hydrogen-bond donors (Lipinski definition) is 2. The van der Waals surface area contributed by atoms with Crippen molar-refractivity contribution in [2.75, 3.05) is 6.54 Å². The highest BCUT2D eigenvalue weighted by Gasteiger charge is 2.28. The Morgan fingerprint density at radius 3 is 2.43 bits per heavy atom. The zero-order valence-electron chi connectivity index (χ0n) is 12.8. The van der Waals surface area contributed by atoms with Gasteiger partial charge in [-0.1, -0.05) is 25.4 Å². The van der Waals surface area contributed by atoms with Gasteiger partial charge in [0.15, 0.2) is 0 Å². The van der Waals surface area contributed by atoms with Crippen LogP contribution in [0.15, 0.2) is 17.0 Å². The van der Waals surface area contributed by atoms with Crippen LogP contribution in [0.3, 0.4) is 0 Å². The molecule has 2 N–H and O–H groups in total. The van der Waals surface area contributed by atoms with Crippen molar-refractivity contribution >= 4 is 21.6 Å². The average Bonchev–Trinajstić information content (AvgIpc) is 2.38. The smallest absolute Gasteiger partial charge is 0.244 e. The molecule has 0 aromatic heterocycles. The Bertz CT molecular complexity index is 603. The third kappa shape index (κ3) is 4.92. The molecule has 0 atom stereocenters. The first-order valence-electron chi connectivity index (χ1n) is 6.85. The Labute approximate surface area is 131 Å². The molecule has 1 aromatic rings. The maximum absolute atomic E-state index is 14.4. The summed E-state index contributed by atoms with van der Waals surface area (Å²) in [5.41, 5.74) is -0.422. The van der Waals surface area contributed by atoms with Gasteiger partial charge in [0, 0.05) is 22.7 Å². The van der Waals surface area contributed by atoms with E-state index < -0.39 is 26.3 Å². The van der Waals surface area contributed by atoms with Crippen LogP contribution in [-0.2, 0) is 16.6 Å². The van der Waals surface area contributed by atoms with E-state index in [-0.39, 0.29) is 17.1 Å². The van der Waals surface area contributed by atoms with Gasteiger partial charge in [-0.05, 0) is 38.9 Å². The zero-order chi connectivity index (χ0) is 16.3. The highest BCUT2D eigenvalue weighted by Crippen LogP contribution is 2.25. The normalized spacial score (nSPS) is 12.7. The molecule has 0 amide bonds. The van der Waals surface area contributed by atoms with E-state index in [2.05, 4.69) is 10.0 Å². The van der Waals surface area contributed by atoms with E-state index in [0.29, 0.717) is 13.0 Å². The van der Waals surface area contributed by atoms with Crippen molar-refractivity contribution in [2.45, 2.75) is 51.1 Å². The molecule has 1 aromatic carbocycles. The maximum Gasteiger partial charge on any atom is 0.244 e. The number of halogens is 2. The lowest BCUT2D eigenvalue weighted by Gasteiger charge is -2.24. The first kappa shape index (κ1) is 18.4. The maximum atomic E-state index is 14.4. The molecule has 0 aliphatic rings. The Kier molecular flexibility index (Phi) is 6.16. The van der Waals surface area contributed by atoms with Crippen molar-refractivity contribution in [1.82, 2.24) is 10.0 Å². The number of benzene rings is 1. The molecule has 0 saturated carbocycles. The number of rotatable bonds is 7. The molecule has 0 spiro atoms. The standard InChI is InChI=1S/C14H22ClFN2O2S/c1-5-14(3,4)18-21(19,20)12-8-11(15)7-10(13(12)16)9-17-6-2/h7-8,17-18H,5-6,9H2,1-4H3. The Hall–Kier alpha value is -0.690. The largest absolute Gasteiger partial charge is 0.313 e. The molecule has 0 aliphatic carbocycles. The quantitative estimate of drug-likeness (QED) is 0.804. The molecular formula is C14H22ClFN2O2S. The van der Waals surface area contributed by atoms with Crippen LogP contribution in [0, 0.1) is 5.82 Å². The number of hydrogen-bond acceptors (Lipinski definition) is 3. The molecule has 0 bridgehead atoms. The van der Waals surface area contributed by atoms with Crippen molar-refractivity contribution < 1.29 is 12.8 Å². The molecule has 0 heterocycles. The summed E-state index contributed by atoms with van der Waals surface area (Å²) >= 11 is 5.93. The van der Waals surface area contributed by atoms with E-state index in [9.17, 15) is 12.8 Å². The highest BCUT2D eigenvalue weighted by atomic mass is 35.5. The van der Waals surface area contributed by atoms with E-state index in [1.54, 1.807) is 13.8 Å². The molecule has 4 nitrogen and oxygen atoms in total. The van der Waals surface area contributed by atoms with Gasteiger partial charge in [-0.3, -0.25) is 0 Å². The topological polar surface area (TPSA) is 58.2 Å². The van der Waals surface area contributed by atoms with Crippen LogP contribution in [0.1, 0.15) is 39.7 Å². The van der Waals surface area contributed by atoms with E-state index in [0.717, 1.165) is 6.07 Å². The second kappa shape index (κ2) is 7.05. The van der Waals surface area contributed by atoms with Gasteiger partial charge < -0.3 is 5.32 Å². The third-order valence-corrected chi connectivity index (χ3v) is 5.14. The lowest BCUT2D eigenvalue weighted by Crippen LogP contribution is -2.43. The third-order valence-electron chi connectivity index (χ3n) is 3.23. The molecule has 0 aliphatic heterocycles. The van der Waals surface area contributed by atoms with Crippen LogP contribution >= 0.6 is 11.6 Å². The van der Waals surface area contributed by atoms with E-state index in [4.69, 9.17) is 11.6 Å². The van der Waals surface area contributed by atoms with Crippen LogP contribution in [0.5, 0.6) is 0 Å². The second-order valence-corrected chi connectivity index (χ2v) is 7.59. The highest BCUT2D eigenvalue weighted by molar-refractivity contribution is 7.89. The van der Waals surface area contributed by atoms with Crippen molar-refractivity contribution in [3.05, 3.63) is 28.5 Å². The van der Waals surface area contributed by atoms with Gasteiger partial charge in [-0.25, -0.2) is 17.5 Å². The van der Waals surface area contributed by atoms with E-state index >= 15 is 0 Å². The minimum atomic E-state index is -3.97. The van der Waals surface area contributed by atoms with Crippen molar-refractivity contribution in [3.8, 4) is 0 Å². The van der Waals surface area contributed by atoms with Crippen LogP contribution in [0.2, 0.25) is 5.02 Å². The summed E-state index contributed by atoms with van der Waals surface area (Å²) in [4.78, 5) is -0.413. The van der Waals surface area contributed by atoms with Crippen molar-refractivity contribution in [1.29, 1.82) is 0 Å². The van der Waals surface area contributed by atoms with Crippen LogP contribution in [0.4, 0.5) is 4.39 Å². The average molecular weight is 337 g/mol. The molecule has 0 radical (unpaired) electrons. The SMILES string of the molecule is CCNCc1cc(Cl)cc(S(=O)(=O)NC(C)(C)CC)c1F. The summed E-state index contributed by atoms with van der Waals surface area (Å²) < 4.78 is 41.7. The van der Waals surface area contributed by atoms with Crippen molar-refractivity contribution in [2.24, 2.45) is 0 Å². The minimum absolute atomic E-state index is 0.194. The van der Waals surface area contributed by atoms with E-state index in [1.165, 1.54) is 6.07 Å². The minimum Gasteiger partial charge on any atom is -0.313 e. The van der Waals surface area contributed by atoms with Gasteiger partial charge in [0.05, 0.1) is 0 Å². The lowest BCUT2D eigenvalue weighted by atomic mass is 10.0. The predicted molar refractivity (Wildman–Crippen MR) is 83.5 cm³/mol. The molecular weight excluding hydrogens is 315 g/mol. The molecule has 1 rings (SSSR count). The molecule has 21 heavy (non-hydrogen) atoms. The molecule has 120 valence electrons. The molecule has 0 fully saturated rings. The van der Waals surface area contributed by atoms with Crippen LogP contribution < -0.4 is 10.0 Å². The van der Waals surface area contributed by atoms with Gasteiger partial charge in [0.25, 0.3) is 0 Å². The van der Waals surface area contributed by atoms with Crippen molar-refractivity contribution in [3.63, 3.8) is 0 Å². The summed E-state index contributed by atoms with van der Waals surface area (Å²) in [5.74, 6) is -0.764. The Balaban J connectivity index is 3.26. The van der Waals surface area contributed by atoms with Crippen LogP contribution in [-0.4, -0.2) is 20.5 Å². The summed E-state index contributed by atoms with van der Waals surface area (Å²) in [7, 11) is -3.97. The van der Waals surface area contributed by atoms with Gasteiger partial charge >= 0.3 is 0 Å².